The molecule has 1 saturated heterocycles. The van der Waals surface area contributed by atoms with Gasteiger partial charge in [0.05, 0.1) is 6.61 Å². The summed E-state index contributed by atoms with van der Waals surface area (Å²) in [6, 6.07) is 1.36. The van der Waals surface area contributed by atoms with E-state index in [2.05, 4.69) is 16.8 Å². The maximum Gasteiger partial charge on any atom is 0.351 e. The van der Waals surface area contributed by atoms with E-state index in [4.69, 9.17) is 10.5 Å². The number of halogens is 1. The van der Waals surface area contributed by atoms with Crippen molar-refractivity contribution in [2.45, 2.75) is 31.0 Å². The van der Waals surface area contributed by atoms with Crippen LogP contribution in [-0.2, 0) is 4.74 Å². The van der Waals surface area contributed by atoms with Gasteiger partial charge in [-0.2, -0.15) is 4.98 Å². The maximum atomic E-state index is 11.7. The van der Waals surface area contributed by atoms with Gasteiger partial charge in [0.1, 0.15) is 18.0 Å². The zero-order valence-electron chi connectivity index (χ0n) is 11.1. The number of hydrogen-bond acceptors (Lipinski definition) is 7. The van der Waals surface area contributed by atoms with Crippen molar-refractivity contribution in [1.29, 1.82) is 0 Å². The first-order valence-electron chi connectivity index (χ1n) is 5.89. The van der Waals surface area contributed by atoms with E-state index in [9.17, 15) is 20.1 Å². The molecule has 0 radical (unpaired) electrons. The minimum Gasteiger partial charge on any atom is -0.394 e. The third kappa shape index (κ3) is 2.88. The zero-order chi connectivity index (χ0) is 14.9. The Morgan fingerprint density at radius 2 is 2.29 bits per heavy atom. The van der Waals surface area contributed by atoms with Gasteiger partial charge in [-0.25, -0.2) is 4.79 Å². The van der Waals surface area contributed by atoms with Crippen LogP contribution in [0.1, 0.15) is 13.2 Å². The molecule has 4 atom stereocenters. The first-order valence-corrected chi connectivity index (χ1v) is 5.89. The fraction of sp³-hybridized carbons (Fsp3) is 0.500. The Labute approximate surface area is 126 Å². The second-order valence-corrected chi connectivity index (χ2v) is 4.39. The molecular formula is C12H16ClN3O5. The van der Waals surface area contributed by atoms with Crippen LogP contribution in [0, 0.1) is 11.8 Å². The van der Waals surface area contributed by atoms with Crippen LogP contribution >= 0.6 is 12.4 Å². The molecule has 1 fully saturated rings. The summed E-state index contributed by atoms with van der Waals surface area (Å²) in [5, 5.41) is 29.7. The van der Waals surface area contributed by atoms with E-state index in [-0.39, 0.29) is 18.2 Å². The van der Waals surface area contributed by atoms with E-state index < -0.39 is 36.3 Å². The molecule has 8 nitrogen and oxygen atoms in total. The Kier molecular flexibility index (Phi) is 5.33. The molecule has 1 aliphatic heterocycles. The van der Waals surface area contributed by atoms with Gasteiger partial charge in [0, 0.05) is 6.20 Å². The van der Waals surface area contributed by atoms with E-state index in [0.717, 1.165) is 4.57 Å². The van der Waals surface area contributed by atoms with Gasteiger partial charge in [-0.05, 0) is 13.0 Å². The Bertz CT molecular complexity index is 625. The Balaban J connectivity index is 0.00000220. The summed E-state index contributed by atoms with van der Waals surface area (Å²) in [6.07, 6.45) is -2.58. The van der Waals surface area contributed by atoms with Crippen molar-refractivity contribution < 1.29 is 20.1 Å². The van der Waals surface area contributed by atoms with Crippen LogP contribution in [0.3, 0.4) is 0 Å². The topological polar surface area (TPSA) is 131 Å². The number of aliphatic hydroxyl groups is 3. The number of aliphatic hydroxyl groups excluding tert-OH is 2. The first-order chi connectivity index (χ1) is 9.43. The average molecular weight is 318 g/mol. The summed E-state index contributed by atoms with van der Waals surface area (Å²) >= 11 is 0. The Morgan fingerprint density at radius 3 is 2.81 bits per heavy atom. The molecule has 0 spiro atoms. The number of ether oxygens (including phenoxy) is 1. The molecule has 21 heavy (non-hydrogen) atoms. The Hall–Kier alpha value is -1.63. The van der Waals surface area contributed by atoms with Gasteiger partial charge in [0.15, 0.2) is 11.8 Å². The molecular weight excluding hydrogens is 302 g/mol. The lowest BCUT2D eigenvalue weighted by Gasteiger charge is -2.24. The van der Waals surface area contributed by atoms with Crippen LogP contribution in [-0.4, -0.2) is 49.3 Å². The van der Waals surface area contributed by atoms with Crippen LogP contribution in [0.15, 0.2) is 17.1 Å². The summed E-state index contributed by atoms with van der Waals surface area (Å²) < 4.78 is 6.31. The highest BCUT2D eigenvalue weighted by atomic mass is 35.5. The van der Waals surface area contributed by atoms with Crippen LogP contribution in [0.4, 0.5) is 5.82 Å². The monoisotopic (exact) mass is 317 g/mol. The summed E-state index contributed by atoms with van der Waals surface area (Å²) in [5.41, 5.74) is 2.68. The van der Waals surface area contributed by atoms with Gasteiger partial charge in [-0.15, -0.1) is 18.3 Å². The van der Waals surface area contributed by atoms with Crippen LogP contribution in [0.5, 0.6) is 0 Å². The summed E-state index contributed by atoms with van der Waals surface area (Å²) in [4.78, 5) is 15.2. The van der Waals surface area contributed by atoms with Gasteiger partial charge >= 0.3 is 5.69 Å². The fourth-order valence-electron chi connectivity index (χ4n) is 2.13. The molecule has 0 amide bonds. The number of nitrogens with zero attached hydrogens (tertiary/aromatic N) is 2. The van der Waals surface area contributed by atoms with Crippen molar-refractivity contribution in [2.75, 3.05) is 12.3 Å². The lowest BCUT2D eigenvalue weighted by atomic mass is 9.93. The average Bonchev–Trinajstić information content (AvgIpc) is 2.63. The number of anilines is 1. The van der Waals surface area contributed by atoms with Crippen molar-refractivity contribution in [1.82, 2.24) is 9.55 Å². The van der Waals surface area contributed by atoms with Gasteiger partial charge in [0.2, 0.25) is 0 Å². The SMILES string of the molecule is CC#C[C@@]1(O)[C@@H](CO)O[C@@H](n2ccc(N)nc2=O)[C@@H]1O.Cl. The molecule has 9 heteroatoms. The van der Waals surface area contributed by atoms with Crippen molar-refractivity contribution in [3.8, 4) is 11.8 Å². The predicted octanol–water partition coefficient (Wildman–Crippen LogP) is -1.75. The largest absolute Gasteiger partial charge is 0.394 e. The van der Waals surface area contributed by atoms with Crippen molar-refractivity contribution >= 4 is 18.2 Å². The summed E-state index contributed by atoms with van der Waals surface area (Å²) in [7, 11) is 0. The van der Waals surface area contributed by atoms with Gasteiger partial charge in [-0.3, -0.25) is 4.57 Å². The molecule has 1 aromatic heterocycles. The number of hydrogen-bond donors (Lipinski definition) is 4. The van der Waals surface area contributed by atoms with Crippen LogP contribution < -0.4 is 11.4 Å². The normalized spacial score (nSPS) is 31.1. The van der Waals surface area contributed by atoms with E-state index >= 15 is 0 Å². The molecule has 116 valence electrons. The molecule has 1 aromatic rings. The van der Waals surface area contributed by atoms with Gasteiger partial charge < -0.3 is 25.8 Å². The molecule has 5 N–H and O–H groups in total. The van der Waals surface area contributed by atoms with Crippen molar-refractivity contribution in [2.24, 2.45) is 0 Å². The van der Waals surface area contributed by atoms with E-state index in [1.165, 1.54) is 19.2 Å². The smallest absolute Gasteiger partial charge is 0.351 e. The van der Waals surface area contributed by atoms with E-state index in [0.29, 0.717) is 0 Å². The predicted molar refractivity (Wildman–Crippen MR) is 75.6 cm³/mol. The lowest BCUT2D eigenvalue weighted by Crippen LogP contribution is -2.48. The van der Waals surface area contributed by atoms with Gasteiger partial charge in [-0.1, -0.05) is 5.92 Å². The molecule has 2 rings (SSSR count). The number of aromatic nitrogens is 2. The quantitative estimate of drug-likeness (QED) is 0.476. The molecule has 0 bridgehead atoms. The zero-order valence-corrected chi connectivity index (χ0v) is 11.9. The number of nitrogens with two attached hydrogens (primary N) is 1. The molecule has 0 aromatic carbocycles. The molecule has 1 aliphatic rings. The molecule has 0 unspecified atom stereocenters. The van der Waals surface area contributed by atoms with Crippen molar-refractivity contribution in [3.63, 3.8) is 0 Å². The highest BCUT2D eigenvalue weighted by Gasteiger charge is 2.55. The van der Waals surface area contributed by atoms with Crippen molar-refractivity contribution in [3.05, 3.63) is 22.7 Å². The first kappa shape index (κ1) is 17.4. The minimum absolute atomic E-state index is 0. The Morgan fingerprint density at radius 1 is 1.62 bits per heavy atom. The number of rotatable bonds is 2. The fourth-order valence-corrected chi connectivity index (χ4v) is 2.13. The third-order valence-electron chi connectivity index (χ3n) is 3.13. The van der Waals surface area contributed by atoms with Gasteiger partial charge in [0.25, 0.3) is 0 Å². The second-order valence-electron chi connectivity index (χ2n) is 4.39. The molecule has 2 heterocycles. The maximum absolute atomic E-state index is 11.7. The summed E-state index contributed by atoms with van der Waals surface area (Å²) in [6.45, 7) is 0.916. The highest BCUT2D eigenvalue weighted by molar-refractivity contribution is 5.85. The molecule has 0 aliphatic carbocycles. The molecule has 0 saturated carbocycles. The third-order valence-corrected chi connectivity index (χ3v) is 3.13. The minimum atomic E-state index is -1.96. The van der Waals surface area contributed by atoms with Crippen LogP contribution in [0.2, 0.25) is 0 Å². The standard InChI is InChI=1S/C12H15N3O5.ClH/c1-2-4-12(19)7(6-16)20-10(9(12)17)15-5-3-8(13)14-11(15)18;/h3,5,7,9-10,16-17,19H,6H2,1H3,(H2,13,14,18);1H/t7-,9+,10-,12-;/m1./s1. The highest BCUT2D eigenvalue weighted by Crippen LogP contribution is 2.36. The van der Waals surface area contributed by atoms with E-state index in [1.54, 1.807) is 0 Å². The second kappa shape index (κ2) is 6.43. The lowest BCUT2D eigenvalue weighted by molar-refractivity contribution is -0.0624. The number of nitrogen functional groups attached to an aromatic ring is 1. The summed E-state index contributed by atoms with van der Waals surface area (Å²) in [5.74, 6) is 4.91. The van der Waals surface area contributed by atoms with Crippen LogP contribution in [0.25, 0.3) is 0 Å². The van der Waals surface area contributed by atoms with E-state index in [1.807, 2.05) is 0 Å².